The molecule has 0 aliphatic carbocycles. The highest BCUT2D eigenvalue weighted by molar-refractivity contribution is 5.91. The lowest BCUT2D eigenvalue weighted by Gasteiger charge is -2.24. The smallest absolute Gasteiger partial charge is 0.245 e. The first-order valence-corrected chi connectivity index (χ1v) is 9.88. The Labute approximate surface area is 163 Å². The van der Waals surface area contributed by atoms with Gasteiger partial charge in [-0.25, -0.2) is 4.98 Å². The second-order valence-electron chi connectivity index (χ2n) is 7.95. The number of hydrogen-bond acceptors (Lipinski definition) is 5. The molecular weight excluding hydrogens is 354 g/mol. The van der Waals surface area contributed by atoms with Crippen LogP contribution in [0.25, 0.3) is 11.3 Å². The summed E-state index contributed by atoms with van der Waals surface area (Å²) in [5, 5.41) is 2.79. The molecule has 0 saturated carbocycles. The fraction of sp³-hybridized carbons (Fsp3) is 0.429. The highest BCUT2D eigenvalue weighted by Crippen LogP contribution is 2.34. The number of hydrogen-bond donors (Lipinski definition) is 1. The maximum Gasteiger partial charge on any atom is 0.245 e. The van der Waals surface area contributed by atoms with Gasteiger partial charge in [-0.1, -0.05) is 30.3 Å². The van der Waals surface area contributed by atoms with Crippen LogP contribution in [0.5, 0.6) is 0 Å². The van der Waals surface area contributed by atoms with Crippen LogP contribution < -0.4 is 10.2 Å². The predicted octanol–water partition coefficient (Wildman–Crippen LogP) is 1.32. The van der Waals surface area contributed by atoms with Gasteiger partial charge in [-0.3, -0.25) is 14.6 Å². The molecule has 3 unspecified atom stereocenters. The molecule has 3 atom stereocenters. The molecule has 3 aliphatic rings. The minimum absolute atomic E-state index is 0.0126. The average Bonchev–Trinajstić information content (AvgIpc) is 3.43. The van der Waals surface area contributed by atoms with Crippen molar-refractivity contribution in [1.29, 1.82) is 0 Å². The van der Waals surface area contributed by atoms with Crippen molar-refractivity contribution in [1.82, 2.24) is 20.2 Å². The molecule has 3 fully saturated rings. The summed E-state index contributed by atoms with van der Waals surface area (Å²) >= 11 is 0. The number of carbonyl (C=O) groups is 2. The van der Waals surface area contributed by atoms with Gasteiger partial charge >= 0.3 is 0 Å². The van der Waals surface area contributed by atoms with Crippen LogP contribution in [0.15, 0.2) is 42.7 Å². The summed E-state index contributed by atoms with van der Waals surface area (Å²) in [7, 11) is 0. The van der Waals surface area contributed by atoms with Gasteiger partial charge in [0.15, 0.2) is 0 Å². The van der Waals surface area contributed by atoms with E-state index in [4.69, 9.17) is 0 Å². The Morgan fingerprint density at radius 2 is 1.75 bits per heavy atom. The average molecular weight is 377 g/mol. The van der Waals surface area contributed by atoms with Gasteiger partial charge < -0.3 is 15.1 Å². The number of nitrogens with one attached hydrogen (secondary N) is 1. The summed E-state index contributed by atoms with van der Waals surface area (Å²) in [5.41, 5.74) is 1.94. The second-order valence-corrected chi connectivity index (χ2v) is 7.95. The van der Waals surface area contributed by atoms with Crippen LogP contribution in [0, 0.1) is 11.8 Å². The van der Waals surface area contributed by atoms with Gasteiger partial charge in [-0.15, -0.1) is 0 Å². The molecule has 0 radical (unpaired) electrons. The lowest BCUT2D eigenvalue weighted by atomic mass is 10.0. The third-order valence-corrected chi connectivity index (χ3v) is 6.12. The molecule has 1 aromatic carbocycles. The Bertz CT molecular complexity index is 871. The third-order valence-electron chi connectivity index (χ3n) is 6.12. The Morgan fingerprint density at radius 1 is 1.00 bits per heavy atom. The van der Waals surface area contributed by atoms with Gasteiger partial charge in [0.05, 0.1) is 18.1 Å². The van der Waals surface area contributed by atoms with E-state index in [9.17, 15) is 9.59 Å². The summed E-state index contributed by atoms with van der Waals surface area (Å²) in [4.78, 5) is 37.4. The number of benzene rings is 1. The molecule has 5 rings (SSSR count). The van der Waals surface area contributed by atoms with E-state index in [1.807, 2.05) is 47.6 Å². The molecule has 1 N–H and O–H groups in total. The first kappa shape index (κ1) is 17.2. The number of anilines is 1. The summed E-state index contributed by atoms with van der Waals surface area (Å²) < 4.78 is 0. The van der Waals surface area contributed by atoms with Crippen molar-refractivity contribution in [2.24, 2.45) is 11.8 Å². The van der Waals surface area contributed by atoms with E-state index in [-0.39, 0.29) is 17.9 Å². The molecule has 0 spiro atoms. The van der Waals surface area contributed by atoms with E-state index in [1.54, 1.807) is 0 Å². The maximum atomic E-state index is 12.6. The molecule has 144 valence electrons. The normalized spacial score (nSPS) is 26.4. The van der Waals surface area contributed by atoms with Gasteiger partial charge in [-0.2, -0.15) is 0 Å². The molecule has 1 aromatic heterocycles. The van der Waals surface area contributed by atoms with Gasteiger partial charge in [0.2, 0.25) is 11.8 Å². The zero-order chi connectivity index (χ0) is 19.1. The number of rotatable bonds is 3. The Morgan fingerprint density at radius 3 is 2.36 bits per heavy atom. The minimum atomic E-state index is -0.321. The van der Waals surface area contributed by atoms with Crippen molar-refractivity contribution in [3.05, 3.63) is 42.7 Å². The summed E-state index contributed by atoms with van der Waals surface area (Å²) in [5.74, 6) is 1.88. The largest absolute Gasteiger partial charge is 0.355 e. The van der Waals surface area contributed by atoms with Crippen LogP contribution in [-0.2, 0) is 9.59 Å². The molecule has 7 nitrogen and oxygen atoms in total. The van der Waals surface area contributed by atoms with Crippen molar-refractivity contribution < 1.29 is 9.59 Å². The number of amides is 2. The van der Waals surface area contributed by atoms with Crippen LogP contribution in [0.1, 0.15) is 12.8 Å². The topological polar surface area (TPSA) is 78.4 Å². The second kappa shape index (κ2) is 6.89. The SMILES string of the molecule is O=C1CCC(C(=O)N2CC3CN(c4cnc(-c5ccccc5)cn4)CC3C2)N1. The first-order chi connectivity index (χ1) is 13.7. The molecule has 4 heterocycles. The highest BCUT2D eigenvalue weighted by Gasteiger charge is 2.44. The number of carbonyl (C=O) groups excluding carboxylic acids is 2. The van der Waals surface area contributed by atoms with E-state index in [0.29, 0.717) is 24.7 Å². The lowest BCUT2D eigenvalue weighted by molar-refractivity contribution is -0.133. The number of fused-ring (bicyclic) bond motifs is 1. The van der Waals surface area contributed by atoms with Crippen LogP contribution in [0.2, 0.25) is 0 Å². The molecular formula is C21H23N5O2. The van der Waals surface area contributed by atoms with Crippen molar-refractivity contribution in [3.63, 3.8) is 0 Å². The van der Waals surface area contributed by atoms with Crippen LogP contribution in [-0.4, -0.2) is 58.9 Å². The zero-order valence-electron chi connectivity index (χ0n) is 15.6. The van der Waals surface area contributed by atoms with E-state index in [2.05, 4.69) is 20.2 Å². The Hall–Kier alpha value is -2.96. The van der Waals surface area contributed by atoms with Crippen molar-refractivity contribution in [2.45, 2.75) is 18.9 Å². The quantitative estimate of drug-likeness (QED) is 0.873. The molecule has 2 aromatic rings. The molecule has 28 heavy (non-hydrogen) atoms. The predicted molar refractivity (Wildman–Crippen MR) is 104 cm³/mol. The fourth-order valence-electron chi connectivity index (χ4n) is 4.62. The van der Waals surface area contributed by atoms with E-state index < -0.39 is 0 Å². The van der Waals surface area contributed by atoms with Crippen LogP contribution in [0.4, 0.5) is 5.82 Å². The van der Waals surface area contributed by atoms with E-state index in [0.717, 1.165) is 43.3 Å². The Balaban J connectivity index is 1.21. The molecule has 0 bridgehead atoms. The maximum absolute atomic E-state index is 12.6. The monoisotopic (exact) mass is 377 g/mol. The minimum Gasteiger partial charge on any atom is -0.355 e. The zero-order valence-corrected chi connectivity index (χ0v) is 15.6. The van der Waals surface area contributed by atoms with E-state index in [1.165, 1.54) is 0 Å². The number of aromatic nitrogens is 2. The van der Waals surface area contributed by atoms with Crippen LogP contribution >= 0.6 is 0 Å². The number of nitrogens with zero attached hydrogens (tertiary/aromatic N) is 4. The van der Waals surface area contributed by atoms with Crippen molar-refractivity contribution in [2.75, 3.05) is 31.1 Å². The van der Waals surface area contributed by atoms with Crippen LogP contribution in [0.3, 0.4) is 0 Å². The summed E-state index contributed by atoms with van der Waals surface area (Å²) in [6, 6.07) is 9.72. The summed E-state index contributed by atoms with van der Waals surface area (Å²) in [6.07, 6.45) is 4.76. The number of likely N-dealkylation sites (tertiary alicyclic amines) is 1. The molecule has 3 aliphatic heterocycles. The van der Waals surface area contributed by atoms with Gasteiger partial charge in [0.1, 0.15) is 11.9 Å². The molecule has 3 saturated heterocycles. The highest BCUT2D eigenvalue weighted by atomic mass is 16.2. The van der Waals surface area contributed by atoms with Gasteiger partial charge in [-0.05, 0) is 6.42 Å². The Kier molecular flexibility index (Phi) is 4.22. The fourth-order valence-corrected chi connectivity index (χ4v) is 4.62. The third kappa shape index (κ3) is 3.10. The lowest BCUT2D eigenvalue weighted by Crippen LogP contribution is -2.44. The summed E-state index contributed by atoms with van der Waals surface area (Å²) in [6.45, 7) is 3.32. The van der Waals surface area contributed by atoms with Gasteiger partial charge in [0.25, 0.3) is 0 Å². The van der Waals surface area contributed by atoms with E-state index >= 15 is 0 Å². The molecule has 7 heteroatoms. The standard InChI is InChI=1S/C21H23N5O2/c27-20-7-6-17(24-20)21(28)26-12-15-10-25(11-16(15)13-26)19-9-22-18(8-23-19)14-4-2-1-3-5-14/h1-5,8-9,15-17H,6-7,10-13H2,(H,24,27). The van der Waals surface area contributed by atoms with Crippen molar-refractivity contribution >= 4 is 17.6 Å². The van der Waals surface area contributed by atoms with Gasteiger partial charge in [0, 0.05) is 50.0 Å². The van der Waals surface area contributed by atoms with Crippen molar-refractivity contribution in [3.8, 4) is 11.3 Å². The molecule has 2 amide bonds. The first-order valence-electron chi connectivity index (χ1n) is 9.88.